The molecule has 0 N–H and O–H groups in total. The number of ether oxygens (including phenoxy) is 1. The fourth-order valence-electron chi connectivity index (χ4n) is 3.40. The number of hydrogen-bond acceptors (Lipinski definition) is 5. The lowest BCUT2D eigenvalue weighted by molar-refractivity contribution is 0.0479. The zero-order valence-corrected chi connectivity index (χ0v) is 16.8. The summed E-state index contributed by atoms with van der Waals surface area (Å²) in [4.78, 5) is 27.3. The highest BCUT2D eigenvalue weighted by atomic mass is 32.1. The number of benzene rings is 1. The quantitative estimate of drug-likeness (QED) is 0.358. The second kappa shape index (κ2) is 7.31. The number of nitrogens with zero attached hydrogens (tertiary/aromatic N) is 1. The number of esters is 1. The van der Waals surface area contributed by atoms with Crippen LogP contribution < -0.4 is 5.56 Å². The minimum atomic E-state index is -0.436. The molecule has 0 aliphatic carbocycles. The van der Waals surface area contributed by atoms with Crippen molar-refractivity contribution in [3.8, 4) is 11.1 Å². The van der Waals surface area contributed by atoms with Crippen molar-refractivity contribution >= 4 is 44.2 Å². The van der Waals surface area contributed by atoms with Crippen LogP contribution in [0, 0.1) is 0 Å². The fourth-order valence-corrected chi connectivity index (χ4v) is 4.96. The third-order valence-corrected chi connectivity index (χ3v) is 6.56. The molecule has 0 fully saturated rings. The van der Waals surface area contributed by atoms with Gasteiger partial charge < -0.3 is 4.74 Å². The monoisotopic (exact) mass is 417 g/mol. The minimum Gasteiger partial charge on any atom is -0.456 e. The van der Waals surface area contributed by atoms with Gasteiger partial charge in [0.1, 0.15) is 6.61 Å². The van der Waals surface area contributed by atoms with Gasteiger partial charge in [0.2, 0.25) is 0 Å². The lowest BCUT2D eigenvalue weighted by Crippen LogP contribution is -2.19. The first kappa shape index (κ1) is 17.8. The second-order valence-electron chi connectivity index (χ2n) is 6.54. The maximum Gasteiger partial charge on any atom is 0.340 e. The first-order valence-corrected chi connectivity index (χ1v) is 10.8. The van der Waals surface area contributed by atoms with Gasteiger partial charge in [-0.3, -0.25) is 9.20 Å². The van der Waals surface area contributed by atoms with Crippen LogP contribution in [-0.2, 0) is 11.3 Å². The molecule has 5 rings (SSSR count). The maximum absolute atomic E-state index is 13.2. The van der Waals surface area contributed by atoms with Gasteiger partial charge in [0.25, 0.3) is 5.56 Å². The highest BCUT2D eigenvalue weighted by Gasteiger charge is 2.20. The molecule has 0 amide bonds. The molecule has 4 heterocycles. The van der Waals surface area contributed by atoms with E-state index in [1.807, 2.05) is 65.4 Å². The van der Waals surface area contributed by atoms with E-state index in [1.54, 1.807) is 16.7 Å². The molecule has 0 unspecified atom stereocenters. The smallest absolute Gasteiger partial charge is 0.340 e. The zero-order chi connectivity index (χ0) is 19.8. The Kier molecular flexibility index (Phi) is 4.50. The van der Waals surface area contributed by atoms with Gasteiger partial charge in [-0.05, 0) is 46.0 Å². The van der Waals surface area contributed by atoms with Crippen LogP contribution in [0.25, 0.3) is 26.7 Å². The summed E-state index contributed by atoms with van der Waals surface area (Å²) in [6.45, 7) is 0.211. The predicted octanol–water partition coefficient (Wildman–Crippen LogP) is 5.60. The van der Waals surface area contributed by atoms with Gasteiger partial charge in [-0.2, -0.15) is 0 Å². The Bertz CT molecular complexity index is 1380. The molecule has 0 aliphatic heterocycles. The molecule has 0 saturated heterocycles. The SMILES string of the molecule is O=C(OCc1cccs1)c1cc(-c2ccccc2)c(=O)n2ccc3ccsc3c12. The molecule has 4 aromatic heterocycles. The van der Waals surface area contributed by atoms with Crippen molar-refractivity contribution in [3.63, 3.8) is 0 Å². The average molecular weight is 418 g/mol. The van der Waals surface area contributed by atoms with Gasteiger partial charge in [-0.25, -0.2) is 4.79 Å². The first-order chi connectivity index (χ1) is 14.2. The van der Waals surface area contributed by atoms with Crippen LogP contribution in [0.3, 0.4) is 0 Å². The Hall–Kier alpha value is -3.22. The fraction of sp³-hybridized carbons (Fsp3) is 0.0435. The topological polar surface area (TPSA) is 47.8 Å². The van der Waals surface area contributed by atoms with Crippen molar-refractivity contribution in [2.24, 2.45) is 0 Å². The van der Waals surface area contributed by atoms with E-state index >= 15 is 0 Å². The Morgan fingerprint density at radius 1 is 0.966 bits per heavy atom. The summed E-state index contributed by atoms with van der Waals surface area (Å²) in [6, 6.07) is 18.8. The summed E-state index contributed by atoms with van der Waals surface area (Å²) < 4.78 is 8.05. The van der Waals surface area contributed by atoms with E-state index in [9.17, 15) is 9.59 Å². The van der Waals surface area contributed by atoms with E-state index in [-0.39, 0.29) is 12.2 Å². The summed E-state index contributed by atoms with van der Waals surface area (Å²) >= 11 is 3.05. The van der Waals surface area contributed by atoms with E-state index in [4.69, 9.17) is 4.74 Å². The number of fused-ring (bicyclic) bond motifs is 3. The van der Waals surface area contributed by atoms with Crippen molar-refractivity contribution in [2.75, 3.05) is 0 Å². The molecule has 0 atom stereocenters. The standard InChI is InChI=1S/C23H15NO3S2/c25-22-18(15-5-2-1-3-6-15)13-19(23(26)27-14-17-7-4-11-28-17)20-21-16(9-12-29-21)8-10-24(20)22/h1-13H,14H2. The molecule has 5 aromatic rings. The van der Waals surface area contributed by atoms with Crippen molar-refractivity contribution in [3.05, 3.63) is 98.4 Å². The van der Waals surface area contributed by atoms with Gasteiger partial charge in [0.05, 0.1) is 15.8 Å². The number of aromatic nitrogens is 1. The van der Waals surface area contributed by atoms with E-state index in [2.05, 4.69) is 0 Å². The molecule has 6 heteroatoms. The number of carbonyl (C=O) groups is 1. The van der Waals surface area contributed by atoms with Crippen molar-refractivity contribution < 1.29 is 9.53 Å². The van der Waals surface area contributed by atoms with E-state index in [0.29, 0.717) is 16.6 Å². The lowest BCUT2D eigenvalue weighted by atomic mass is 10.0. The normalized spacial score (nSPS) is 11.2. The highest BCUT2D eigenvalue weighted by Crippen LogP contribution is 2.30. The third kappa shape index (κ3) is 3.16. The van der Waals surface area contributed by atoms with Crippen LogP contribution in [0.2, 0.25) is 0 Å². The molecule has 0 aliphatic rings. The van der Waals surface area contributed by atoms with Gasteiger partial charge >= 0.3 is 5.97 Å². The third-order valence-electron chi connectivity index (χ3n) is 4.78. The molecular formula is C23H15NO3S2. The summed E-state index contributed by atoms with van der Waals surface area (Å²) in [5.74, 6) is -0.436. The van der Waals surface area contributed by atoms with Crippen LogP contribution in [0.15, 0.2) is 82.4 Å². The number of hydrogen-bond donors (Lipinski definition) is 0. The second-order valence-corrected chi connectivity index (χ2v) is 8.49. The number of carbonyl (C=O) groups excluding carboxylic acids is 1. The average Bonchev–Trinajstić information content (AvgIpc) is 3.44. The Labute approximate surface area is 174 Å². The molecule has 0 bridgehead atoms. The van der Waals surface area contributed by atoms with Gasteiger partial charge in [0, 0.05) is 16.6 Å². The Morgan fingerprint density at radius 2 is 1.83 bits per heavy atom. The molecular weight excluding hydrogens is 402 g/mol. The lowest BCUT2D eigenvalue weighted by Gasteiger charge is -2.12. The van der Waals surface area contributed by atoms with Gasteiger partial charge in [-0.1, -0.05) is 36.4 Å². The first-order valence-electron chi connectivity index (χ1n) is 9.03. The number of thiophene rings is 2. The van der Waals surface area contributed by atoms with Crippen LogP contribution in [-0.4, -0.2) is 10.4 Å². The number of pyridine rings is 2. The molecule has 1 aromatic carbocycles. The predicted molar refractivity (Wildman–Crippen MR) is 118 cm³/mol. The minimum absolute atomic E-state index is 0.156. The molecule has 0 saturated carbocycles. The highest BCUT2D eigenvalue weighted by molar-refractivity contribution is 7.18. The van der Waals surface area contributed by atoms with Crippen molar-refractivity contribution in [1.82, 2.24) is 4.40 Å². The van der Waals surface area contributed by atoms with Crippen LogP contribution in [0.5, 0.6) is 0 Å². The van der Waals surface area contributed by atoms with Crippen molar-refractivity contribution in [2.45, 2.75) is 6.61 Å². The number of rotatable bonds is 4. The molecule has 0 radical (unpaired) electrons. The van der Waals surface area contributed by atoms with Gasteiger partial charge in [0.15, 0.2) is 0 Å². The largest absolute Gasteiger partial charge is 0.456 e. The van der Waals surface area contributed by atoms with Crippen LogP contribution >= 0.6 is 22.7 Å². The summed E-state index contributed by atoms with van der Waals surface area (Å²) in [5.41, 5.74) is 2.08. The summed E-state index contributed by atoms with van der Waals surface area (Å²) in [6.07, 6.45) is 1.73. The Morgan fingerprint density at radius 3 is 2.62 bits per heavy atom. The van der Waals surface area contributed by atoms with Crippen LogP contribution in [0.4, 0.5) is 0 Å². The van der Waals surface area contributed by atoms with Gasteiger partial charge in [-0.15, -0.1) is 22.7 Å². The summed E-state index contributed by atoms with van der Waals surface area (Å²) in [5, 5.41) is 4.90. The van der Waals surface area contributed by atoms with E-state index in [1.165, 1.54) is 22.7 Å². The van der Waals surface area contributed by atoms with Crippen molar-refractivity contribution in [1.29, 1.82) is 0 Å². The Balaban J connectivity index is 1.73. The van der Waals surface area contributed by atoms with Crippen LogP contribution in [0.1, 0.15) is 15.2 Å². The molecule has 29 heavy (non-hydrogen) atoms. The summed E-state index contributed by atoms with van der Waals surface area (Å²) in [7, 11) is 0. The molecule has 4 nitrogen and oxygen atoms in total. The maximum atomic E-state index is 13.2. The van der Waals surface area contributed by atoms with E-state index < -0.39 is 5.97 Å². The molecule has 142 valence electrons. The van der Waals surface area contributed by atoms with E-state index in [0.717, 1.165) is 20.5 Å². The molecule has 0 spiro atoms. The zero-order valence-electron chi connectivity index (χ0n) is 15.2.